The third-order valence-corrected chi connectivity index (χ3v) is 9.28. The van der Waals surface area contributed by atoms with Crippen LogP contribution in [0.15, 0.2) is 47.4 Å². The van der Waals surface area contributed by atoms with Crippen molar-refractivity contribution in [3.8, 4) is 11.3 Å². The van der Waals surface area contributed by atoms with E-state index in [1.807, 2.05) is 23.6 Å². The molecule has 1 amide bonds. The van der Waals surface area contributed by atoms with E-state index in [-0.39, 0.29) is 36.1 Å². The third kappa shape index (κ3) is 7.34. The largest absolute Gasteiger partial charge is 0.389 e. The molecule has 0 aliphatic heterocycles. The van der Waals surface area contributed by atoms with Gasteiger partial charge in [-0.2, -0.15) is 0 Å². The van der Waals surface area contributed by atoms with Crippen molar-refractivity contribution >= 4 is 26.7 Å². The minimum absolute atomic E-state index is 0.00802. The lowest BCUT2D eigenvalue weighted by Gasteiger charge is -2.29. The first-order valence-corrected chi connectivity index (χ1v) is 15.5. The molecule has 3 N–H and O–H groups in total. The molecule has 2 aromatic carbocycles. The zero-order valence-electron chi connectivity index (χ0n) is 24.6. The SMILES string of the molecule is Cc1c(C(=O)NCC(C)(C)O)cc(-c2ccc(S(=O)(=O)NC(C)(C)C)c3ccccc23)n1CC1CCC(F)(F)CC1. The fraction of sp³-hybridized carbons (Fsp3) is 0.516. The van der Waals surface area contributed by atoms with Gasteiger partial charge in [0.2, 0.25) is 15.9 Å². The number of benzene rings is 2. The van der Waals surface area contributed by atoms with Crippen LogP contribution in [0.5, 0.6) is 0 Å². The first kappa shape index (κ1) is 31.1. The van der Waals surface area contributed by atoms with Gasteiger partial charge < -0.3 is 15.0 Å². The van der Waals surface area contributed by atoms with Crippen molar-refractivity contribution in [1.29, 1.82) is 0 Å². The van der Waals surface area contributed by atoms with Crippen LogP contribution in [0.4, 0.5) is 8.78 Å². The minimum atomic E-state index is -3.84. The summed E-state index contributed by atoms with van der Waals surface area (Å²) in [5.41, 5.74) is 0.771. The van der Waals surface area contributed by atoms with Gasteiger partial charge in [-0.25, -0.2) is 21.9 Å². The quantitative estimate of drug-likeness (QED) is 0.299. The van der Waals surface area contributed by atoms with Gasteiger partial charge >= 0.3 is 0 Å². The highest BCUT2D eigenvalue weighted by Gasteiger charge is 2.35. The topological polar surface area (TPSA) is 100 Å². The summed E-state index contributed by atoms with van der Waals surface area (Å²) in [7, 11) is -3.84. The van der Waals surface area contributed by atoms with Crippen LogP contribution in [0.3, 0.4) is 0 Å². The first-order chi connectivity index (χ1) is 18.9. The smallest absolute Gasteiger partial charge is 0.253 e. The zero-order chi connectivity index (χ0) is 30.4. The van der Waals surface area contributed by atoms with Crippen molar-refractivity contribution < 1.29 is 27.1 Å². The number of aromatic nitrogens is 1. The molecule has 0 unspecified atom stereocenters. The predicted octanol–water partition coefficient (Wildman–Crippen LogP) is 6.02. The van der Waals surface area contributed by atoms with Gasteiger partial charge in [-0.15, -0.1) is 0 Å². The van der Waals surface area contributed by atoms with Gasteiger partial charge in [0.1, 0.15) is 0 Å². The highest BCUT2D eigenvalue weighted by atomic mass is 32.2. The van der Waals surface area contributed by atoms with Crippen molar-refractivity contribution in [1.82, 2.24) is 14.6 Å². The number of aliphatic hydroxyl groups is 1. The van der Waals surface area contributed by atoms with Crippen molar-refractivity contribution in [2.24, 2.45) is 5.92 Å². The molecular weight excluding hydrogens is 548 g/mol. The van der Waals surface area contributed by atoms with Crippen LogP contribution in [0.2, 0.25) is 0 Å². The van der Waals surface area contributed by atoms with Crippen molar-refractivity contribution in [3.05, 3.63) is 53.7 Å². The van der Waals surface area contributed by atoms with Crippen LogP contribution >= 0.6 is 0 Å². The van der Waals surface area contributed by atoms with Crippen LogP contribution in [0.1, 0.15) is 76.4 Å². The Bertz CT molecular complexity index is 1540. The van der Waals surface area contributed by atoms with E-state index < -0.39 is 27.1 Å². The summed E-state index contributed by atoms with van der Waals surface area (Å²) in [6, 6.07) is 12.3. The summed E-state index contributed by atoms with van der Waals surface area (Å²) in [5.74, 6) is -2.99. The molecule has 0 radical (unpaired) electrons. The predicted molar refractivity (Wildman–Crippen MR) is 158 cm³/mol. The van der Waals surface area contributed by atoms with E-state index in [9.17, 15) is 27.1 Å². The molecule has 1 aliphatic carbocycles. The van der Waals surface area contributed by atoms with E-state index in [2.05, 4.69) is 10.0 Å². The van der Waals surface area contributed by atoms with Gasteiger partial charge in [-0.1, -0.05) is 30.3 Å². The van der Waals surface area contributed by atoms with Gasteiger partial charge in [0.25, 0.3) is 5.91 Å². The Hall–Kier alpha value is -2.82. The molecule has 0 spiro atoms. The lowest BCUT2D eigenvalue weighted by molar-refractivity contribution is -0.0473. The normalized spacial score (nSPS) is 16.7. The van der Waals surface area contributed by atoms with E-state index in [1.54, 1.807) is 65.0 Å². The second-order valence-electron chi connectivity index (χ2n) is 12.9. The fourth-order valence-electron chi connectivity index (χ4n) is 5.45. The molecule has 1 aromatic heterocycles. The monoisotopic (exact) mass is 589 g/mol. The number of fused-ring (bicyclic) bond motifs is 1. The number of carbonyl (C=O) groups excluding carboxylic acids is 1. The number of hydrogen-bond acceptors (Lipinski definition) is 4. The van der Waals surface area contributed by atoms with E-state index >= 15 is 0 Å². The lowest BCUT2D eigenvalue weighted by atomic mass is 9.86. The number of carbonyl (C=O) groups is 1. The molecule has 224 valence electrons. The molecule has 0 bridgehead atoms. The number of alkyl halides is 2. The van der Waals surface area contributed by atoms with Crippen molar-refractivity contribution in [2.45, 2.75) is 95.7 Å². The summed E-state index contributed by atoms with van der Waals surface area (Å²) in [6.07, 6.45) is 0.423. The molecule has 41 heavy (non-hydrogen) atoms. The second-order valence-corrected chi connectivity index (χ2v) is 14.6. The Morgan fingerprint density at radius 2 is 1.66 bits per heavy atom. The Labute approximate surface area is 241 Å². The summed E-state index contributed by atoms with van der Waals surface area (Å²) in [5, 5.41) is 14.1. The maximum absolute atomic E-state index is 13.9. The Balaban J connectivity index is 1.84. The number of rotatable bonds is 8. The van der Waals surface area contributed by atoms with E-state index in [0.29, 0.717) is 47.1 Å². The van der Waals surface area contributed by atoms with E-state index in [4.69, 9.17) is 0 Å². The summed E-state index contributed by atoms with van der Waals surface area (Å²) >= 11 is 0. The van der Waals surface area contributed by atoms with Crippen LogP contribution < -0.4 is 10.0 Å². The van der Waals surface area contributed by atoms with E-state index in [0.717, 1.165) is 5.56 Å². The number of halogens is 2. The molecular formula is C31H41F2N3O4S. The molecule has 0 atom stereocenters. The Kier molecular flexibility index (Phi) is 8.44. The maximum Gasteiger partial charge on any atom is 0.253 e. The Morgan fingerprint density at radius 1 is 1.05 bits per heavy atom. The van der Waals surface area contributed by atoms with Crippen LogP contribution in [-0.4, -0.2) is 47.6 Å². The van der Waals surface area contributed by atoms with Gasteiger partial charge in [-0.05, 0) is 77.8 Å². The molecule has 1 fully saturated rings. The van der Waals surface area contributed by atoms with Gasteiger partial charge in [-0.3, -0.25) is 4.79 Å². The van der Waals surface area contributed by atoms with Crippen molar-refractivity contribution in [2.75, 3.05) is 6.54 Å². The van der Waals surface area contributed by atoms with Gasteiger partial charge in [0, 0.05) is 53.8 Å². The van der Waals surface area contributed by atoms with Gasteiger partial charge in [0.05, 0.1) is 16.1 Å². The van der Waals surface area contributed by atoms with Crippen LogP contribution in [0, 0.1) is 12.8 Å². The number of nitrogens with one attached hydrogen (secondary N) is 2. The number of sulfonamides is 1. The average Bonchev–Trinajstić information content (AvgIpc) is 3.16. The molecule has 10 heteroatoms. The molecule has 7 nitrogen and oxygen atoms in total. The highest BCUT2D eigenvalue weighted by molar-refractivity contribution is 7.89. The third-order valence-electron chi connectivity index (χ3n) is 7.46. The Morgan fingerprint density at radius 3 is 2.24 bits per heavy atom. The molecule has 1 saturated carbocycles. The number of nitrogens with zero attached hydrogens (tertiary/aromatic N) is 1. The zero-order valence-corrected chi connectivity index (χ0v) is 25.5. The van der Waals surface area contributed by atoms with Gasteiger partial charge in [0.15, 0.2) is 0 Å². The highest BCUT2D eigenvalue weighted by Crippen LogP contribution is 2.40. The molecule has 1 aliphatic rings. The maximum atomic E-state index is 13.9. The van der Waals surface area contributed by atoms with Crippen LogP contribution in [-0.2, 0) is 16.6 Å². The van der Waals surface area contributed by atoms with Crippen molar-refractivity contribution in [3.63, 3.8) is 0 Å². The summed E-state index contributed by atoms with van der Waals surface area (Å²) < 4.78 is 59.2. The minimum Gasteiger partial charge on any atom is -0.389 e. The first-order valence-electron chi connectivity index (χ1n) is 14.0. The standard InChI is InChI=1S/C31H41F2N3O4S/c1-20-25(28(37)34-19-30(5,6)38)17-26(36(20)18-21-13-15-31(32,33)16-14-21)23-11-12-27(24-10-8-7-9-22(23)24)41(39,40)35-29(2,3)4/h7-12,17,21,35,38H,13-16,18-19H2,1-6H3,(H,34,37). The molecule has 4 rings (SSSR count). The summed E-state index contributed by atoms with van der Waals surface area (Å²) in [4.78, 5) is 13.4. The van der Waals surface area contributed by atoms with E-state index in [1.165, 1.54) is 0 Å². The fourth-order valence-corrected chi connectivity index (χ4v) is 7.08. The second kappa shape index (κ2) is 11.1. The molecule has 1 heterocycles. The number of amides is 1. The van der Waals surface area contributed by atoms with Crippen LogP contribution in [0.25, 0.3) is 22.0 Å². The lowest BCUT2D eigenvalue weighted by Crippen LogP contribution is -2.40. The molecule has 3 aromatic rings. The average molecular weight is 590 g/mol. The number of hydrogen-bond donors (Lipinski definition) is 3. The molecule has 0 saturated heterocycles. The summed E-state index contributed by atoms with van der Waals surface area (Å²) in [6.45, 7) is 10.9.